The van der Waals surface area contributed by atoms with Crippen molar-refractivity contribution >= 4 is 19.8 Å². The summed E-state index contributed by atoms with van der Waals surface area (Å²) >= 11 is 0. The highest BCUT2D eigenvalue weighted by molar-refractivity contribution is 7.47. The van der Waals surface area contributed by atoms with E-state index in [1.165, 1.54) is 51.4 Å². The molecule has 3 N–H and O–H groups in total. The molecule has 0 aliphatic rings. The highest BCUT2D eigenvalue weighted by atomic mass is 31.2. The summed E-state index contributed by atoms with van der Waals surface area (Å²) in [5.74, 6) is -0.849. The van der Waals surface area contributed by atoms with Crippen molar-refractivity contribution in [1.29, 1.82) is 0 Å². The van der Waals surface area contributed by atoms with Crippen LogP contribution in [-0.2, 0) is 32.7 Å². The molecule has 0 aliphatic carbocycles. The van der Waals surface area contributed by atoms with Crippen LogP contribution in [0.1, 0.15) is 162 Å². The smallest absolute Gasteiger partial charge is 0.462 e. The van der Waals surface area contributed by atoms with Gasteiger partial charge in [-0.15, -0.1) is 0 Å². The van der Waals surface area contributed by atoms with Crippen LogP contribution in [-0.4, -0.2) is 49.3 Å². The van der Waals surface area contributed by atoms with Crippen LogP contribution in [0.15, 0.2) is 36.5 Å². The zero-order chi connectivity index (χ0) is 35.4. The fourth-order valence-electron chi connectivity index (χ4n) is 5.00. The Morgan fingerprint density at radius 1 is 0.646 bits per heavy atom. The molecular formula is C38H70NO8P. The first-order chi connectivity index (χ1) is 23.3. The van der Waals surface area contributed by atoms with Gasteiger partial charge in [-0.05, 0) is 44.9 Å². The normalized spacial score (nSPS) is 13.8. The van der Waals surface area contributed by atoms with Gasteiger partial charge in [-0.3, -0.25) is 18.6 Å². The molecule has 0 fully saturated rings. The summed E-state index contributed by atoms with van der Waals surface area (Å²) < 4.78 is 32.6. The van der Waals surface area contributed by atoms with Crippen molar-refractivity contribution < 1.29 is 37.6 Å². The first kappa shape index (κ1) is 46.2. The van der Waals surface area contributed by atoms with Crippen LogP contribution in [0.2, 0.25) is 0 Å². The quantitative estimate of drug-likeness (QED) is 0.0287. The average molecular weight is 700 g/mol. The van der Waals surface area contributed by atoms with Gasteiger partial charge in [0, 0.05) is 19.4 Å². The molecule has 0 saturated heterocycles. The monoisotopic (exact) mass is 699 g/mol. The van der Waals surface area contributed by atoms with Crippen LogP contribution in [0.4, 0.5) is 0 Å². The lowest BCUT2D eigenvalue weighted by Gasteiger charge is -2.19. The van der Waals surface area contributed by atoms with Crippen LogP contribution < -0.4 is 5.73 Å². The van der Waals surface area contributed by atoms with Gasteiger partial charge in [-0.1, -0.05) is 140 Å². The van der Waals surface area contributed by atoms with Crippen molar-refractivity contribution in [3.8, 4) is 0 Å². The fourth-order valence-corrected chi connectivity index (χ4v) is 5.77. The highest BCUT2D eigenvalue weighted by Crippen LogP contribution is 2.43. The van der Waals surface area contributed by atoms with Gasteiger partial charge < -0.3 is 20.1 Å². The summed E-state index contributed by atoms with van der Waals surface area (Å²) in [5.41, 5.74) is 5.33. The van der Waals surface area contributed by atoms with Gasteiger partial charge >= 0.3 is 19.8 Å². The number of hydrogen-bond acceptors (Lipinski definition) is 8. The number of hydrogen-bond donors (Lipinski definition) is 2. The Hall–Kier alpha value is -1.77. The van der Waals surface area contributed by atoms with E-state index in [-0.39, 0.29) is 32.6 Å². The van der Waals surface area contributed by atoms with Crippen LogP contribution in [0, 0.1) is 0 Å². The molecule has 9 nitrogen and oxygen atoms in total. The molecule has 0 aromatic carbocycles. The van der Waals surface area contributed by atoms with Crippen LogP contribution in [0.3, 0.4) is 0 Å². The third kappa shape index (κ3) is 34.1. The number of ether oxygens (including phenoxy) is 2. The zero-order valence-electron chi connectivity index (χ0n) is 30.5. The summed E-state index contributed by atoms with van der Waals surface area (Å²) in [5, 5.41) is 0. The van der Waals surface area contributed by atoms with Crippen molar-refractivity contribution in [3.63, 3.8) is 0 Å². The van der Waals surface area contributed by atoms with E-state index in [1.54, 1.807) is 0 Å². The number of esters is 2. The Kier molecular flexibility index (Phi) is 33.8. The Morgan fingerprint density at radius 3 is 1.71 bits per heavy atom. The predicted molar refractivity (Wildman–Crippen MR) is 197 cm³/mol. The predicted octanol–water partition coefficient (Wildman–Crippen LogP) is 10.2. The summed E-state index contributed by atoms with van der Waals surface area (Å²) in [6.07, 6.45) is 36.0. The second-order valence-electron chi connectivity index (χ2n) is 12.4. The second-order valence-corrected chi connectivity index (χ2v) is 13.9. The zero-order valence-corrected chi connectivity index (χ0v) is 31.4. The maximum atomic E-state index is 12.5. The van der Waals surface area contributed by atoms with Crippen molar-refractivity contribution in [3.05, 3.63) is 36.5 Å². The second kappa shape index (κ2) is 35.1. The highest BCUT2D eigenvalue weighted by Gasteiger charge is 2.25. The lowest BCUT2D eigenvalue weighted by atomic mass is 10.0. The van der Waals surface area contributed by atoms with Gasteiger partial charge in [0.05, 0.1) is 13.2 Å². The molecule has 0 radical (unpaired) electrons. The van der Waals surface area contributed by atoms with E-state index in [9.17, 15) is 19.0 Å². The maximum absolute atomic E-state index is 12.5. The SMILES string of the molecule is CC/C=C/C/C=C/C/C=C/CCCCCCCC(=O)OC[C@H](COP(=O)(O)OCCN)OC(=O)CCCCCCCCCCCCCC. The number of rotatable bonds is 35. The molecule has 0 aliphatic heterocycles. The van der Waals surface area contributed by atoms with Crippen molar-refractivity contribution in [2.75, 3.05) is 26.4 Å². The molecule has 1 unspecified atom stereocenters. The number of carbonyl (C=O) groups is 2. The van der Waals surface area contributed by atoms with E-state index in [4.69, 9.17) is 24.3 Å². The van der Waals surface area contributed by atoms with Gasteiger partial charge in [0.1, 0.15) is 6.61 Å². The topological polar surface area (TPSA) is 134 Å². The molecule has 0 bridgehead atoms. The first-order valence-electron chi connectivity index (χ1n) is 19.0. The molecule has 0 rings (SSSR count). The molecular weight excluding hydrogens is 629 g/mol. The molecule has 0 amide bonds. The molecule has 0 aromatic heterocycles. The van der Waals surface area contributed by atoms with E-state index >= 15 is 0 Å². The molecule has 0 heterocycles. The van der Waals surface area contributed by atoms with Gasteiger partial charge in [0.25, 0.3) is 0 Å². The van der Waals surface area contributed by atoms with E-state index in [0.29, 0.717) is 12.8 Å². The Labute approximate surface area is 293 Å². The van der Waals surface area contributed by atoms with E-state index < -0.39 is 32.5 Å². The Balaban J connectivity index is 4.24. The fraction of sp³-hybridized carbons (Fsp3) is 0.789. The lowest BCUT2D eigenvalue weighted by molar-refractivity contribution is -0.161. The summed E-state index contributed by atoms with van der Waals surface area (Å²) in [6.45, 7) is 3.58. The van der Waals surface area contributed by atoms with E-state index in [2.05, 4.69) is 50.3 Å². The molecule has 280 valence electrons. The molecule has 48 heavy (non-hydrogen) atoms. The minimum Gasteiger partial charge on any atom is -0.462 e. The summed E-state index contributed by atoms with van der Waals surface area (Å²) in [7, 11) is -4.37. The van der Waals surface area contributed by atoms with Gasteiger partial charge in [-0.25, -0.2) is 4.57 Å². The first-order valence-corrected chi connectivity index (χ1v) is 20.5. The average Bonchev–Trinajstić information content (AvgIpc) is 3.07. The maximum Gasteiger partial charge on any atom is 0.472 e. The van der Waals surface area contributed by atoms with Gasteiger partial charge in [0.15, 0.2) is 6.10 Å². The third-order valence-corrected chi connectivity index (χ3v) is 8.77. The molecule has 10 heteroatoms. The standard InChI is InChI=1S/C38H70NO8P/c1-3-5-7-9-11-13-15-17-18-19-21-22-24-26-28-30-37(40)44-34-36(35-46-48(42,43)45-33-32-39)47-38(41)31-29-27-25-23-20-16-14-12-10-8-6-4-2/h5,7,11,13,17-18,36H,3-4,6,8-10,12,14-16,19-35,39H2,1-2H3,(H,42,43)/b7-5+,13-11+,18-17+/t36-/m1/s1. The minimum atomic E-state index is -4.37. The number of carbonyl (C=O) groups excluding carboxylic acids is 2. The van der Waals surface area contributed by atoms with Crippen LogP contribution >= 0.6 is 7.82 Å². The van der Waals surface area contributed by atoms with E-state index in [0.717, 1.165) is 70.6 Å². The van der Waals surface area contributed by atoms with Crippen molar-refractivity contribution in [2.45, 2.75) is 168 Å². The number of nitrogens with two attached hydrogens (primary N) is 1. The Morgan fingerprint density at radius 2 is 1.15 bits per heavy atom. The van der Waals surface area contributed by atoms with Crippen molar-refractivity contribution in [1.82, 2.24) is 0 Å². The van der Waals surface area contributed by atoms with Crippen LogP contribution in [0.5, 0.6) is 0 Å². The molecule has 0 saturated carbocycles. The minimum absolute atomic E-state index is 0.0511. The number of phosphoric acid groups is 1. The van der Waals surface area contributed by atoms with Crippen molar-refractivity contribution in [2.24, 2.45) is 5.73 Å². The molecule has 0 aromatic rings. The summed E-state index contributed by atoms with van der Waals surface area (Å²) in [6, 6.07) is 0. The number of allylic oxidation sites excluding steroid dienone is 6. The van der Waals surface area contributed by atoms with Gasteiger partial charge in [0.2, 0.25) is 0 Å². The third-order valence-electron chi connectivity index (χ3n) is 7.79. The summed E-state index contributed by atoms with van der Waals surface area (Å²) in [4.78, 5) is 34.7. The van der Waals surface area contributed by atoms with Crippen LogP contribution in [0.25, 0.3) is 0 Å². The molecule has 2 atom stereocenters. The van der Waals surface area contributed by atoms with Gasteiger partial charge in [-0.2, -0.15) is 0 Å². The largest absolute Gasteiger partial charge is 0.472 e. The Bertz CT molecular complexity index is 892. The van der Waals surface area contributed by atoms with E-state index in [1.807, 2.05) is 0 Å². The number of phosphoric ester groups is 1. The lowest BCUT2D eigenvalue weighted by Crippen LogP contribution is -2.29. The number of unbranched alkanes of at least 4 members (excludes halogenated alkanes) is 16. The molecule has 0 spiro atoms.